The highest BCUT2D eigenvalue weighted by Crippen LogP contribution is 2.28. The zero-order valence-electron chi connectivity index (χ0n) is 11.2. The van der Waals surface area contributed by atoms with Gasteiger partial charge in [-0.3, -0.25) is 0 Å². The van der Waals surface area contributed by atoms with Crippen molar-refractivity contribution in [2.24, 2.45) is 5.92 Å². The zero-order chi connectivity index (χ0) is 13.0. The zero-order valence-corrected chi connectivity index (χ0v) is 12.0. The molecule has 1 aliphatic carbocycles. The third kappa shape index (κ3) is 3.35. The Balaban J connectivity index is 2.10. The van der Waals surface area contributed by atoms with Crippen LogP contribution in [-0.4, -0.2) is 16.0 Å². The van der Waals surface area contributed by atoms with Crippen molar-refractivity contribution in [1.29, 1.82) is 0 Å². The molecule has 0 bridgehead atoms. The lowest BCUT2D eigenvalue weighted by Crippen LogP contribution is -2.27. The summed E-state index contributed by atoms with van der Waals surface area (Å²) in [5, 5.41) is 4.17. The van der Waals surface area contributed by atoms with Crippen LogP contribution in [0.2, 0.25) is 5.15 Å². The average molecular weight is 268 g/mol. The van der Waals surface area contributed by atoms with Crippen LogP contribution in [0.4, 0.5) is 5.82 Å². The molecule has 0 aliphatic heterocycles. The molecule has 0 spiro atoms. The minimum absolute atomic E-state index is 0.537. The van der Waals surface area contributed by atoms with Gasteiger partial charge in [0.15, 0.2) is 0 Å². The first-order chi connectivity index (χ1) is 8.70. The van der Waals surface area contributed by atoms with Crippen molar-refractivity contribution < 1.29 is 0 Å². The molecule has 1 heterocycles. The topological polar surface area (TPSA) is 37.8 Å². The first-order valence-electron chi connectivity index (χ1n) is 6.96. The van der Waals surface area contributed by atoms with Crippen molar-refractivity contribution in [3.8, 4) is 0 Å². The Morgan fingerprint density at radius 1 is 1.39 bits per heavy atom. The Morgan fingerprint density at radius 3 is 2.94 bits per heavy atom. The molecule has 0 radical (unpaired) electrons. The summed E-state index contributed by atoms with van der Waals surface area (Å²) in [6.45, 7) is 4.48. The van der Waals surface area contributed by atoms with Crippen LogP contribution in [0.1, 0.15) is 51.5 Å². The second kappa shape index (κ2) is 6.37. The summed E-state index contributed by atoms with van der Waals surface area (Å²) in [5.74, 6) is 1.75. The molecule has 0 saturated heterocycles. The standard InChI is InChI=1S/C14H22ClN3/c1-3-5-12-13(15)16-9-17-14(12)18-11-7-4-6-10(2)8-11/h9-11H,3-8H2,1-2H3,(H,16,17,18). The van der Waals surface area contributed by atoms with Gasteiger partial charge in [-0.15, -0.1) is 0 Å². The molecular weight excluding hydrogens is 246 g/mol. The van der Waals surface area contributed by atoms with Crippen LogP contribution in [0.25, 0.3) is 0 Å². The van der Waals surface area contributed by atoms with E-state index in [1.807, 2.05) is 0 Å². The summed E-state index contributed by atoms with van der Waals surface area (Å²) < 4.78 is 0. The van der Waals surface area contributed by atoms with Crippen molar-refractivity contribution in [2.45, 2.75) is 58.4 Å². The van der Waals surface area contributed by atoms with E-state index in [0.29, 0.717) is 11.2 Å². The van der Waals surface area contributed by atoms with E-state index in [1.165, 1.54) is 25.7 Å². The number of nitrogens with zero attached hydrogens (tertiary/aromatic N) is 2. The number of rotatable bonds is 4. The van der Waals surface area contributed by atoms with Crippen LogP contribution in [0.15, 0.2) is 6.33 Å². The van der Waals surface area contributed by atoms with Crippen molar-refractivity contribution in [3.05, 3.63) is 17.0 Å². The van der Waals surface area contributed by atoms with Crippen LogP contribution in [-0.2, 0) is 6.42 Å². The van der Waals surface area contributed by atoms with Crippen LogP contribution >= 0.6 is 11.6 Å². The Labute approximate surface area is 114 Å². The fourth-order valence-corrected chi connectivity index (χ4v) is 2.97. The van der Waals surface area contributed by atoms with Gasteiger partial charge in [0.1, 0.15) is 17.3 Å². The smallest absolute Gasteiger partial charge is 0.137 e. The van der Waals surface area contributed by atoms with E-state index < -0.39 is 0 Å². The van der Waals surface area contributed by atoms with E-state index in [2.05, 4.69) is 29.1 Å². The van der Waals surface area contributed by atoms with Crippen molar-refractivity contribution in [3.63, 3.8) is 0 Å². The molecule has 1 N–H and O–H groups in total. The van der Waals surface area contributed by atoms with Crippen LogP contribution in [0, 0.1) is 5.92 Å². The van der Waals surface area contributed by atoms with Crippen LogP contribution in [0.3, 0.4) is 0 Å². The molecule has 1 fully saturated rings. The van der Waals surface area contributed by atoms with Gasteiger partial charge in [-0.25, -0.2) is 9.97 Å². The molecule has 1 aromatic rings. The molecule has 1 aliphatic rings. The lowest BCUT2D eigenvalue weighted by molar-refractivity contribution is 0.358. The summed E-state index contributed by atoms with van der Waals surface area (Å²) in [7, 11) is 0. The molecule has 18 heavy (non-hydrogen) atoms. The van der Waals surface area contributed by atoms with Gasteiger partial charge in [0.05, 0.1) is 0 Å². The largest absolute Gasteiger partial charge is 0.367 e. The van der Waals surface area contributed by atoms with Gasteiger partial charge < -0.3 is 5.32 Å². The first-order valence-corrected chi connectivity index (χ1v) is 7.34. The summed E-state index contributed by atoms with van der Waals surface area (Å²) in [4.78, 5) is 8.45. The van der Waals surface area contributed by atoms with Gasteiger partial charge in [-0.2, -0.15) is 0 Å². The molecule has 0 amide bonds. The Bertz CT molecular complexity index is 395. The predicted octanol–water partition coefficient (Wildman–Crippen LogP) is 4.07. The maximum atomic E-state index is 6.16. The van der Waals surface area contributed by atoms with E-state index in [4.69, 9.17) is 11.6 Å². The van der Waals surface area contributed by atoms with E-state index in [0.717, 1.165) is 30.1 Å². The molecule has 2 atom stereocenters. The number of aromatic nitrogens is 2. The van der Waals surface area contributed by atoms with Gasteiger partial charge in [0.2, 0.25) is 0 Å². The highest BCUT2D eigenvalue weighted by atomic mass is 35.5. The molecule has 2 rings (SSSR count). The third-order valence-corrected chi connectivity index (χ3v) is 4.00. The molecular formula is C14H22ClN3. The summed E-state index contributed by atoms with van der Waals surface area (Å²) in [6, 6.07) is 0.537. The van der Waals surface area contributed by atoms with Gasteiger partial charge >= 0.3 is 0 Å². The summed E-state index contributed by atoms with van der Waals surface area (Å²) in [6.07, 6.45) is 8.67. The van der Waals surface area contributed by atoms with Gasteiger partial charge in [0.25, 0.3) is 0 Å². The molecule has 100 valence electrons. The normalized spacial score (nSPS) is 23.9. The number of nitrogens with one attached hydrogen (secondary N) is 1. The van der Waals surface area contributed by atoms with Gasteiger partial charge in [-0.1, -0.05) is 44.7 Å². The molecule has 1 aromatic heterocycles. The SMILES string of the molecule is CCCc1c(Cl)ncnc1NC1CCCC(C)C1. The minimum atomic E-state index is 0.537. The Hall–Kier alpha value is -0.830. The summed E-state index contributed by atoms with van der Waals surface area (Å²) >= 11 is 6.16. The van der Waals surface area contributed by atoms with Gasteiger partial charge in [0, 0.05) is 11.6 Å². The highest BCUT2D eigenvalue weighted by Gasteiger charge is 2.20. The lowest BCUT2D eigenvalue weighted by atomic mass is 9.87. The fraction of sp³-hybridized carbons (Fsp3) is 0.714. The quantitative estimate of drug-likeness (QED) is 0.836. The van der Waals surface area contributed by atoms with Crippen molar-refractivity contribution in [2.75, 3.05) is 5.32 Å². The molecule has 4 heteroatoms. The fourth-order valence-electron chi connectivity index (χ4n) is 2.75. The average Bonchev–Trinajstić information content (AvgIpc) is 2.34. The summed E-state index contributed by atoms with van der Waals surface area (Å²) in [5.41, 5.74) is 1.07. The highest BCUT2D eigenvalue weighted by molar-refractivity contribution is 6.30. The van der Waals surface area contributed by atoms with E-state index in [1.54, 1.807) is 6.33 Å². The number of hydrogen-bond acceptors (Lipinski definition) is 3. The number of hydrogen-bond donors (Lipinski definition) is 1. The molecule has 2 unspecified atom stereocenters. The maximum absolute atomic E-state index is 6.16. The number of halogens is 1. The van der Waals surface area contributed by atoms with Crippen molar-refractivity contribution >= 4 is 17.4 Å². The monoisotopic (exact) mass is 267 g/mol. The second-order valence-electron chi connectivity index (χ2n) is 5.35. The third-order valence-electron chi connectivity index (χ3n) is 3.67. The van der Waals surface area contributed by atoms with E-state index in [-0.39, 0.29) is 0 Å². The van der Waals surface area contributed by atoms with Gasteiger partial charge in [-0.05, 0) is 25.2 Å². The second-order valence-corrected chi connectivity index (χ2v) is 5.71. The Kier molecular flexibility index (Phi) is 4.81. The maximum Gasteiger partial charge on any atom is 0.137 e. The Morgan fingerprint density at radius 2 is 2.22 bits per heavy atom. The van der Waals surface area contributed by atoms with E-state index >= 15 is 0 Å². The van der Waals surface area contributed by atoms with Crippen LogP contribution in [0.5, 0.6) is 0 Å². The lowest BCUT2D eigenvalue weighted by Gasteiger charge is -2.28. The predicted molar refractivity (Wildman–Crippen MR) is 76.1 cm³/mol. The first kappa shape index (κ1) is 13.6. The number of anilines is 1. The van der Waals surface area contributed by atoms with Crippen molar-refractivity contribution in [1.82, 2.24) is 9.97 Å². The molecule has 0 aromatic carbocycles. The molecule has 3 nitrogen and oxygen atoms in total. The molecule has 1 saturated carbocycles. The minimum Gasteiger partial charge on any atom is -0.367 e. The van der Waals surface area contributed by atoms with Crippen LogP contribution < -0.4 is 5.32 Å². The van der Waals surface area contributed by atoms with E-state index in [9.17, 15) is 0 Å².